The Morgan fingerprint density at radius 3 is 1.95 bits per heavy atom. The predicted octanol–water partition coefficient (Wildman–Crippen LogP) is 3.58. The molecule has 1 amide bonds. The SMILES string of the molecule is C=CC(=O)NCC.c1ccc(SSc2ccccn2)nc1. The zero-order chi connectivity index (χ0) is 15.3. The standard InChI is InChI=1S/C10H8N2S2.C5H9NO/c1-3-7-11-9(5-1)13-14-10-6-2-4-8-12-10;1-3-5(7)6-4-2/h1-8H;3H,1,4H2,2H3,(H,6,7). The highest BCUT2D eigenvalue weighted by Crippen LogP contribution is 2.34. The molecule has 2 heterocycles. The molecule has 110 valence electrons. The predicted molar refractivity (Wildman–Crippen MR) is 89.1 cm³/mol. The molecule has 0 bridgehead atoms. The van der Waals surface area contributed by atoms with Crippen molar-refractivity contribution in [2.24, 2.45) is 0 Å². The third-order valence-electron chi connectivity index (χ3n) is 2.02. The topological polar surface area (TPSA) is 54.9 Å². The summed E-state index contributed by atoms with van der Waals surface area (Å²) < 4.78 is 0. The fourth-order valence-corrected chi connectivity index (χ4v) is 2.88. The van der Waals surface area contributed by atoms with Crippen molar-refractivity contribution in [2.75, 3.05) is 6.54 Å². The van der Waals surface area contributed by atoms with Gasteiger partial charge in [-0.05, 0) is 58.9 Å². The quantitative estimate of drug-likeness (QED) is 0.674. The van der Waals surface area contributed by atoms with Gasteiger partial charge >= 0.3 is 0 Å². The Bertz CT molecular complexity index is 496. The molecule has 2 aromatic rings. The van der Waals surface area contributed by atoms with E-state index in [0.29, 0.717) is 6.54 Å². The molecule has 2 aromatic heterocycles. The molecule has 2 rings (SSSR count). The Labute approximate surface area is 132 Å². The van der Waals surface area contributed by atoms with Crippen molar-refractivity contribution in [3.63, 3.8) is 0 Å². The van der Waals surface area contributed by atoms with Crippen LogP contribution in [0.5, 0.6) is 0 Å². The molecule has 0 fully saturated rings. The van der Waals surface area contributed by atoms with E-state index in [-0.39, 0.29) is 5.91 Å². The third-order valence-corrected chi connectivity index (χ3v) is 4.21. The van der Waals surface area contributed by atoms with Crippen LogP contribution in [0.1, 0.15) is 6.92 Å². The number of hydrogen-bond acceptors (Lipinski definition) is 5. The van der Waals surface area contributed by atoms with E-state index in [1.54, 1.807) is 34.0 Å². The first kappa shape index (κ1) is 17.3. The Morgan fingerprint density at radius 2 is 1.67 bits per heavy atom. The number of nitrogens with zero attached hydrogens (tertiary/aromatic N) is 2. The van der Waals surface area contributed by atoms with Crippen LogP contribution < -0.4 is 5.32 Å². The van der Waals surface area contributed by atoms with Crippen LogP contribution in [-0.4, -0.2) is 22.4 Å². The lowest BCUT2D eigenvalue weighted by atomic mass is 10.5. The first-order valence-corrected chi connectivity index (χ1v) is 8.48. The first-order valence-electron chi connectivity index (χ1n) is 6.33. The highest BCUT2D eigenvalue weighted by molar-refractivity contribution is 8.76. The molecule has 6 heteroatoms. The molecule has 0 atom stereocenters. The van der Waals surface area contributed by atoms with Gasteiger partial charge in [-0.1, -0.05) is 18.7 Å². The number of aromatic nitrogens is 2. The van der Waals surface area contributed by atoms with E-state index in [4.69, 9.17) is 0 Å². The molecule has 0 saturated carbocycles. The fraction of sp³-hybridized carbons (Fsp3) is 0.133. The second-order valence-electron chi connectivity index (χ2n) is 3.60. The summed E-state index contributed by atoms with van der Waals surface area (Å²) in [5.41, 5.74) is 0. The molecule has 0 aliphatic carbocycles. The second kappa shape index (κ2) is 10.9. The average Bonchev–Trinajstić information content (AvgIpc) is 2.56. The largest absolute Gasteiger partial charge is 0.353 e. The van der Waals surface area contributed by atoms with Crippen LogP contribution in [0, 0.1) is 0 Å². The minimum Gasteiger partial charge on any atom is -0.353 e. The van der Waals surface area contributed by atoms with Crippen LogP contribution in [-0.2, 0) is 4.79 Å². The second-order valence-corrected chi connectivity index (χ2v) is 5.77. The van der Waals surface area contributed by atoms with Gasteiger partial charge in [-0.25, -0.2) is 9.97 Å². The van der Waals surface area contributed by atoms with Gasteiger partial charge in [0.15, 0.2) is 0 Å². The molecular weight excluding hydrogens is 302 g/mol. The maximum absolute atomic E-state index is 10.2. The fourth-order valence-electron chi connectivity index (χ4n) is 1.12. The molecule has 4 nitrogen and oxygen atoms in total. The summed E-state index contributed by atoms with van der Waals surface area (Å²) >= 11 is 0. The smallest absolute Gasteiger partial charge is 0.243 e. The number of nitrogens with one attached hydrogen (secondary N) is 1. The molecule has 0 radical (unpaired) electrons. The van der Waals surface area contributed by atoms with Crippen molar-refractivity contribution in [2.45, 2.75) is 17.0 Å². The van der Waals surface area contributed by atoms with E-state index in [1.807, 2.05) is 43.3 Å². The van der Waals surface area contributed by atoms with Crippen LogP contribution in [0.2, 0.25) is 0 Å². The monoisotopic (exact) mass is 319 g/mol. The van der Waals surface area contributed by atoms with Gasteiger partial charge in [0.2, 0.25) is 5.91 Å². The Kier molecular flexibility index (Phi) is 8.99. The van der Waals surface area contributed by atoms with Crippen LogP contribution in [0.25, 0.3) is 0 Å². The number of amides is 1. The molecule has 0 aliphatic heterocycles. The van der Waals surface area contributed by atoms with E-state index >= 15 is 0 Å². The molecule has 0 saturated heterocycles. The Balaban J connectivity index is 0.000000270. The molecule has 1 N–H and O–H groups in total. The van der Waals surface area contributed by atoms with E-state index in [1.165, 1.54) is 6.08 Å². The van der Waals surface area contributed by atoms with Crippen LogP contribution >= 0.6 is 21.6 Å². The number of carbonyl (C=O) groups excluding carboxylic acids is 1. The van der Waals surface area contributed by atoms with Crippen molar-refractivity contribution in [3.05, 3.63) is 61.4 Å². The van der Waals surface area contributed by atoms with Gasteiger partial charge in [-0.2, -0.15) is 0 Å². The van der Waals surface area contributed by atoms with Crippen molar-refractivity contribution >= 4 is 27.5 Å². The van der Waals surface area contributed by atoms with E-state index in [9.17, 15) is 4.79 Å². The highest BCUT2D eigenvalue weighted by atomic mass is 33.1. The average molecular weight is 319 g/mol. The van der Waals surface area contributed by atoms with E-state index in [0.717, 1.165) is 10.1 Å². The van der Waals surface area contributed by atoms with Gasteiger partial charge in [0, 0.05) is 18.9 Å². The normalized spacial score (nSPS) is 9.19. The summed E-state index contributed by atoms with van der Waals surface area (Å²) in [6, 6.07) is 11.8. The van der Waals surface area contributed by atoms with Gasteiger partial charge in [0.1, 0.15) is 10.1 Å². The zero-order valence-electron chi connectivity index (χ0n) is 11.7. The highest BCUT2D eigenvalue weighted by Gasteiger charge is 1.97. The molecule has 21 heavy (non-hydrogen) atoms. The van der Waals surface area contributed by atoms with Gasteiger partial charge in [0.25, 0.3) is 0 Å². The molecule has 0 spiro atoms. The van der Waals surface area contributed by atoms with Gasteiger partial charge < -0.3 is 5.32 Å². The van der Waals surface area contributed by atoms with Crippen molar-refractivity contribution < 1.29 is 4.79 Å². The summed E-state index contributed by atoms with van der Waals surface area (Å²) in [5, 5.41) is 4.54. The van der Waals surface area contributed by atoms with Crippen LogP contribution in [0.3, 0.4) is 0 Å². The number of likely N-dealkylation sites (N-methyl/N-ethyl adjacent to an activating group) is 1. The lowest BCUT2D eigenvalue weighted by molar-refractivity contribution is -0.116. The van der Waals surface area contributed by atoms with Crippen LogP contribution in [0.4, 0.5) is 0 Å². The first-order chi connectivity index (χ1) is 10.3. The summed E-state index contributed by atoms with van der Waals surface area (Å²) in [7, 11) is 3.23. The molecule has 0 unspecified atom stereocenters. The number of pyridine rings is 2. The van der Waals surface area contributed by atoms with Crippen molar-refractivity contribution in [1.82, 2.24) is 15.3 Å². The summed E-state index contributed by atoms with van der Waals surface area (Å²) in [5.74, 6) is -0.109. The van der Waals surface area contributed by atoms with Gasteiger partial charge in [0.05, 0.1) is 0 Å². The van der Waals surface area contributed by atoms with Gasteiger partial charge in [-0.15, -0.1) is 0 Å². The summed E-state index contributed by atoms with van der Waals surface area (Å²) in [6.07, 6.45) is 4.84. The number of rotatable bonds is 5. The summed E-state index contributed by atoms with van der Waals surface area (Å²) in [4.78, 5) is 18.6. The van der Waals surface area contributed by atoms with E-state index < -0.39 is 0 Å². The maximum atomic E-state index is 10.2. The third kappa shape index (κ3) is 8.16. The molecule has 0 aromatic carbocycles. The lowest BCUT2D eigenvalue weighted by Gasteiger charge is -1.97. The minimum atomic E-state index is -0.109. The van der Waals surface area contributed by atoms with Gasteiger partial charge in [-0.3, -0.25) is 4.79 Å². The van der Waals surface area contributed by atoms with Crippen LogP contribution in [0.15, 0.2) is 71.5 Å². The molecule has 0 aliphatic rings. The minimum absolute atomic E-state index is 0.109. The van der Waals surface area contributed by atoms with Crippen molar-refractivity contribution in [1.29, 1.82) is 0 Å². The maximum Gasteiger partial charge on any atom is 0.243 e. The molecular formula is C15H17N3OS2. The number of hydrogen-bond donors (Lipinski definition) is 1. The summed E-state index contributed by atoms with van der Waals surface area (Å²) in [6.45, 7) is 5.80. The number of carbonyl (C=O) groups is 1. The zero-order valence-corrected chi connectivity index (χ0v) is 13.4. The Hall–Kier alpha value is -1.79. The lowest BCUT2D eigenvalue weighted by Crippen LogP contribution is -2.19. The van der Waals surface area contributed by atoms with Crippen molar-refractivity contribution in [3.8, 4) is 0 Å². The van der Waals surface area contributed by atoms with E-state index in [2.05, 4.69) is 21.9 Å². The Morgan fingerprint density at radius 1 is 1.14 bits per heavy atom.